The minimum Gasteiger partial charge on any atom is -0.479 e. The molecule has 4 aliphatic rings. The Balaban J connectivity index is 1.59. The molecule has 338 valence electrons. The quantitative estimate of drug-likeness (QED) is 0.0640. The molecule has 19 N–H and O–H groups in total. The summed E-state index contributed by atoms with van der Waals surface area (Å²) in [6, 6.07) is -3.20. The third-order valence-corrected chi connectivity index (χ3v) is 10.9. The number of carbonyl (C=O) groups is 2. The van der Waals surface area contributed by atoms with E-state index in [1.165, 1.54) is 0 Å². The molecule has 0 aliphatic carbocycles. The van der Waals surface area contributed by atoms with Crippen LogP contribution in [0, 0.1) is 0 Å². The predicted molar refractivity (Wildman–Crippen MR) is 171 cm³/mol. The molecule has 0 aromatic carbocycles. The van der Waals surface area contributed by atoms with Crippen molar-refractivity contribution < 1.29 is 137 Å². The Labute approximate surface area is 324 Å². The summed E-state index contributed by atoms with van der Waals surface area (Å²) in [7, 11) is -11.4. The van der Waals surface area contributed by atoms with Crippen molar-refractivity contribution in [2.75, 3.05) is 19.8 Å². The largest absolute Gasteiger partial charge is 0.479 e. The molecule has 0 radical (unpaired) electrons. The molecule has 4 fully saturated rings. The topological polar surface area (TPSA) is 507 Å². The lowest BCUT2D eigenvalue weighted by atomic mass is 9.92. The Morgan fingerprint density at radius 2 is 1.38 bits per heavy atom. The molecule has 4 heterocycles. The Morgan fingerprint density at radius 1 is 0.741 bits per heavy atom. The van der Waals surface area contributed by atoms with E-state index in [1.807, 2.05) is 0 Å². The third kappa shape index (κ3) is 11.1. The van der Waals surface area contributed by atoms with Crippen LogP contribution in [0.5, 0.6) is 0 Å². The second-order valence-electron chi connectivity index (χ2n) is 13.5. The van der Waals surface area contributed by atoms with Crippen LogP contribution in [0.4, 0.5) is 0 Å². The number of ether oxygens (including phenoxy) is 6. The molecule has 30 nitrogen and oxygen atoms in total. The van der Waals surface area contributed by atoms with E-state index in [2.05, 4.69) is 9.05 Å². The van der Waals surface area contributed by atoms with Gasteiger partial charge in [0.05, 0.1) is 31.9 Å². The molecule has 58 heavy (non-hydrogen) atoms. The zero-order valence-electron chi connectivity index (χ0n) is 29.4. The number of aliphatic hydroxyl groups excluding tert-OH is 10. The van der Waals surface area contributed by atoms with Crippen LogP contribution in [0.3, 0.4) is 0 Å². The van der Waals surface area contributed by atoms with Gasteiger partial charge in [-0.05, 0) is 0 Å². The smallest absolute Gasteiger partial charge is 0.474 e. The van der Waals surface area contributed by atoms with Crippen molar-refractivity contribution in [1.82, 2.24) is 0 Å². The van der Waals surface area contributed by atoms with Gasteiger partial charge in [-0.1, -0.05) is 0 Å². The van der Waals surface area contributed by atoms with E-state index in [0.29, 0.717) is 0 Å². The molecule has 0 bridgehead atoms. The van der Waals surface area contributed by atoms with Gasteiger partial charge in [-0.2, -0.15) is 0 Å². The fraction of sp³-hybridized carbons (Fsp3) is 0.923. The number of carboxylic acids is 2. The van der Waals surface area contributed by atoms with E-state index < -0.39 is 176 Å². The van der Waals surface area contributed by atoms with Crippen LogP contribution in [0.15, 0.2) is 0 Å². The fourth-order valence-corrected chi connectivity index (χ4v) is 7.83. The van der Waals surface area contributed by atoms with E-state index >= 15 is 0 Å². The Hall–Kier alpha value is -1.56. The van der Waals surface area contributed by atoms with Crippen LogP contribution in [-0.4, -0.2) is 230 Å². The van der Waals surface area contributed by atoms with Gasteiger partial charge in [0.1, 0.15) is 79.4 Å². The summed E-state index contributed by atoms with van der Waals surface area (Å²) >= 11 is 0. The highest BCUT2D eigenvalue weighted by Gasteiger charge is 2.59. The Bertz CT molecular complexity index is 1510. The molecule has 0 aromatic heterocycles. The number of phosphoric ester groups is 2. The molecular formula is C26H46N2O28P2. The minimum atomic E-state index is -5.84. The van der Waals surface area contributed by atoms with Crippen LogP contribution >= 0.6 is 15.6 Å². The number of nitrogens with two attached hydrogens (primary N) is 2. The monoisotopic (exact) mass is 896 g/mol. The normalized spacial score (nSPS) is 45.6. The summed E-state index contributed by atoms with van der Waals surface area (Å²) in [5.74, 6) is -7.37. The first-order valence-corrected chi connectivity index (χ1v) is 19.8. The number of aliphatic hydroxyl groups is 10. The van der Waals surface area contributed by atoms with Crippen molar-refractivity contribution in [2.24, 2.45) is 11.5 Å². The first-order chi connectivity index (χ1) is 26.7. The van der Waals surface area contributed by atoms with Crippen molar-refractivity contribution in [3.8, 4) is 0 Å². The molecule has 1 unspecified atom stereocenters. The summed E-state index contributed by atoms with van der Waals surface area (Å²) in [5.41, 5.74) is 11.5. The second kappa shape index (κ2) is 19.2. The van der Waals surface area contributed by atoms with Gasteiger partial charge >= 0.3 is 27.6 Å². The van der Waals surface area contributed by atoms with Crippen LogP contribution in [0.1, 0.15) is 6.42 Å². The first kappa shape index (κ1) is 49.1. The van der Waals surface area contributed by atoms with Crippen molar-refractivity contribution in [2.45, 2.75) is 129 Å². The lowest BCUT2D eigenvalue weighted by Gasteiger charge is -2.47. The highest BCUT2D eigenvalue weighted by molar-refractivity contribution is 7.47. The average molecular weight is 897 g/mol. The summed E-state index contributed by atoms with van der Waals surface area (Å²) in [5, 5.41) is 122. The molecule has 0 spiro atoms. The maximum Gasteiger partial charge on any atom is 0.474 e. The van der Waals surface area contributed by atoms with Crippen molar-refractivity contribution in [3.05, 3.63) is 0 Å². The van der Waals surface area contributed by atoms with Crippen molar-refractivity contribution >= 4 is 27.6 Å². The molecule has 4 aliphatic heterocycles. The highest BCUT2D eigenvalue weighted by atomic mass is 31.2. The fourth-order valence-electron chi connectivity index (χ4n) is 6.23. The number of aliphatic carboxylic acids is 2. The molecule has 4 rings (SSSR count). The van der Waals surface area contributed by atoms with E-state index in [1.54, 1.807) is 0 Å². The third-order valence-electron chi connectivity index (χ3n) is 9.38. The second-order valence-corrected chi connectivity index (χ2v) is 16.0. The lowest BCUT2D eigenvalue weighted by Crippen LogP contribution is -2.66. The zero-order chi connectivity index (χ0) is 43.8. The lowest BCUT2D eigenvalue weighted by molar-refractivity contribution is -0.339. The molecule has 0 aromatic rings. The number of hydrogen-bond donors (Lipinski definition) is 17. The maximum absolute atomic E-state index is 13.1. The van der Waals surface area contributed by atoms with E-state index in [-0.39, 0.29) is 0 Å². The number of carboxylic acid groups (broad SMARTS) is 2. The predicted octanol–water partition coefficient (Wildman–Crippen LogP) is -9.64. The van der Waals surface area contributed by atoms with Crippen molar-refractivity contribution in [3.63, 3.8) is 0 Å². The number of rotatable bonds is 16. The van der Waals surface area contributed by atoms with E-state index in [0.717, 1.165) is 0 Å². The molecule has 0 amide bonds. The van der Waals surface area contributed by atoms with Gasteiger partial charge in [-0.25, -0.2) is 18.7 Å². The SMILES string of the molecule is N[C@@H]1[C@@H](O)[C@H](O)[C@@H](CO[C@@H]2O[C@H](CO[C@]3(C(=O)O)C[C@@H](OP(=O)(O)O[C@H]4O[C@H](C(=O)O)[C@H](O)[C@H](O)[C@H]4O)[C@@H](O)[C@@H]([C@H](O)CO)O3)[C@@H](OP(=O)(O)O)[C@H](O)[C@H]2N)O[C@@H]1O. The summed E-state index contributed by atoms with van der Waals surface area (Å²) in [4.78, 5) is 53.8. The molecule has 0 saturated carbocycles. The Kier molecular flexibility index (Phi) is 16.3. The highest BCUT2D eigenvalue weighted by Crippen LogP contribution is 2.51. The summed E-state index contributed by atoms with van der Waals surface area (Å²) < 4.78 is 70.8. The first-order valence-electron chi connectivity index (χ1n) is 16.8. The van der Waals surface area contributed by atoms with Gasteiger partial charge in [-0.15, -0.1) is 0 Å². The summed E-state index contributed by atoms with van der Waals surface area (Å²) in [6.07, 6.45) is -37.6. The summed E-state index contributed by atoms with van der Waals surface area (Å²) in [6.45, 7) is -3.33. The number of phosphoric acid groups is 2. The molecule has 4 saturated heterocycles. The van der Waals surface area contributed by atoms with Gasteiger partial charge in [-0.3, -0.25) is 13.6 Å². The van der Waals surface area contributed by atoms with Gasteiger partial charge in [0.25, 0.3) is 5.79 Å². The Morgan fingerprint density at radius 3 is 1.95 bits per heavy atom. The average Bonchev–Trinajstić information content (AvgIpc) is 3.13. The minimum absolute atomic E-state index is 0.771. The number of hydrogen-bond acceptors (Lipinski definition) is 25. The van der Waals surface area contributed by atoms with Gasteiger partial charge < -0.3 is 116 Å². The van der Waals surface area contributed by atoms with Gasteiger partial charge in [0.15, 0.2) is 25.0 Å². The van der Waals surface area contributed by atoms with E-state index in [4.69, 9.17) is 44.4 Å². The molecule has 32 heteroatoms. The van der Waals surface area contributed by atoms with Crippen LogP contribution in [0.2, 0.25) is 0 Å². The maximum atomic E-state index is 13.1. The van der Waals surface area contributed by atoms with Gasteiger partial charge in [0, 0.05) is 6.42 Å². The van der Waals surface area contributed by atoms with E-state index in [9.17, 15) is 94.7 Å². The molecule has 21 atom stereocenters. The van der Waals surface area contributed by atoms with Gasteiger partial charge in [0.2, 0.25) is 0 Å². The van der Waals surface area contributed by atoms with Crippen LogP contribution in [-0.2, 0) is 60.7 Å². The molecular weight excluding hydrogens is 850 g/mol. The standard InChI is InChI=1S/C26H46N2O28P2/c27-9-13(33)11(31)7(50-22(9)40)3-48-23-10(28)14(34)19(55-57(43,44)45)8(51-23)4-49-26(25(41)42)1-6(12(32)18(53-26)5(30)2-29)54-58(46,47)56-24-17(37)15(35)16(36)20(52-24)21(38)39/h5-20,22-24,29-37,40H,1-4,27-28H2,(H,38,39)(H,41,42)(H,46,47)(H2,43,44,45)/t5-,6-,7-,8-,9-,10-,11-,12-,13-,14-,15+,16-,17-,18-,19-,20+,22+,23-,24-,26-/m1/s1. The van der Waals surface area contributed by atoms with Crippen LogP contribution in [0.25, 0.3) is 0 Å². The van der Waals surface area contributed by atoms with Crippen molar-refractivity contribution in [1.29, 1.82) is 0 Å². The zero-order valence-corrected chi connectivity index (χ0v) is 31.2. The van der Waals surface area contributed by atoms with Crippen LogP contribution < -0.4 is 11.5 Å².